The SMILES string of the molecule is CS(=O)(=O)N(CC1=NCCC1)Cc1cccc(-c2ccnc(NCCc3ccc(O)cc3)n2)c1. The van der Waals surface area contributed by atoms with Crippen molar-refractivity contribution in [1.82, 2.24) is 14.3 Å². The van der Waals surface area contributed by atoms with Crippen molar-refractivity contribution in [3.8, 4) is 17.0 Å². The molecule has 0 unspecified atom stereocenters. The highest BCUT2D eigenvalue weighted by atomic mass is 32.2. The molecule has 2 aromatic carbocycles. The van der Waals surface area contributed by atoms with E-state index in [0.717, 1.165) is 53.9 Å². The highest BCUT2D eigenvalue weighted by Gasteiger charge is 2.21. The van der Waals surface area contributed by atoms with Crippen LogP contribution in [0.3, 0.4) is 0 Å². The van der Waals surface area contributed by atoms with Crippen molar-refractivity contribution in [2.75, 3.05) is 31.2 Å². The van der Waals surface area contributed by atoms with Crippen LogP contribution in [0.4, 0.5) is 5.95 Å². The molecule has 0 bridgehead atoms. The van der Waals surface area contributed by atoms with Crippen molar-refractivity contribution >= 4 is 21.7 Å². The van der Waals surface area contributed by atoms with Gasteiger partial charge in [-0.25, -0.2) is 18.4 Å². The van der Waals surface area contributed by atoms with Crippen molar-refractivity contribution in [2.45, 2.75) is 25.8 Å². The Morgan fingerprint density at radius 1 is 1.06 bits per heavy atom. The second-order valence-electron chi connectivity index (χ2n) is 8.39. The van der Waals surface area contributed by atoms with Gasteiger partial charge in [0.25, 0.3) is 0 Å². The van der Waals surface area contributed by atoms with Gasteiger partial charge in [0, 0.05) is 37.1 Å². The van der Waals surface area contributed by atoms with Crippen molar-refractivity contribution in [2.24, 2.45) is 4.99 Å². The zero-order valence-electron chi connectivity index (χ0n) is 19.2. The first-order chi connectivity index (χ1) is 16.4. The lowest BCUT2D eigenvalue weighted by atomic mass is 10.1. The minimum atomic E-state index is -3.37. The Hall–Kier alpha value is -3.30. The normalized spacial score (nSPS) is 13.8. The maximum absolute atomic E-state index is 12.4. The van der Waals surface area contributed by atoms with E-state index in [4.69, 9.17) is 0 Å². The number of anilines is 1. The van der Waals surface area contributed by atoms with E-state index >= 15 is 0 Å². The number of benzene rings is 2. The van der Waals surface area contributed by atoms with Crippen LogP contribution in [0.25, 0.3) is 11.3 Å². The van der Waals surface area contributed by atoms with Gasteiger partial charge in [0.2, 0.25) is 16.0 Å². The van der Waals surface area contributed by atoms with Gasteiger partial charge in [-0.1, -0.05) is 30.3 Å². The Morgan fingerprint density at radius 3 is 2.62 bits per heavy atom. The van der Waals surface area contributed by atoms with Crippen LogP contribution >= 0.6 is 0 Å². The second-order valence-corrected chi connectivity index (χ2v) is 10.4. The first-order valence-corrected chi connectivity index (χ1v) is 13.1. The van der Waals surface area contributed by atoms with Gasteiger partial charge >= 0.3 is 0 Å². The summed E-state index contributed by atoms with van der Waals surface area (Å²) in [5.74, 6) is 0.778. The van der Waals surface area contributed by atoms with Gasteiger partial charge < -0.3 is 10.4 Å². The predicted molar refractivity (Wildman–Crippen MR) is 135 cm³/mol. The van der Waals surface area contributed by atoms with Crippen LogP contribution in [0.5, 0.6) is 5.75 Å². The molecule has 1 aliphatic heterocycles. The first-order valence-electron chi connectivity index (χ1n) is 11.3. The molecular weight excluding hydrogens is 450 g/mol. The number of hydrogen-bond acceptors (Lipinski definition) is 7. The van der Waals surface area contributed by atoms with Crippen LogP contribution in [-0.2, 0) is 23.0 Å². The number of phenolic OH excluding ortho intramolecular Hbond substituents is 1. The van der Waals surface area contributed by atoms with Crippen molar-refractivity contribution < 1.29 is 13.5 Å². The van der Waals surface area contributed by atoms with Crippen molar-refractivity contribution in [3.05, 3.63) is 71.9 Å². The van der Waals surface area contributed by atoms with Crippen molar-refractivity contribution in [3.63, 3.8) is 0 Å². The van der Waals surface area contributed by atoms with Crippen LogP contribution in [0.2, 0.25) is 0 Å². The molecule has 9 heteroatoms. The van der Waals surface area contributed by atoms with Crippen LogP contribution in [-0.4, -0.2) is 59.4 Å². The lowest BCUT2D eigenvalue weighted by molar-refractivity contribution is 0.450. The van der Waals surface area contributed by atoms with Gasteiger partial charge in [-0.2, -0.15) is 4.31 Å². The zero-order chi connectivity index (χ0) is 24.0. The monoisotopic (exact) mass is 479 g/mol. The first kappa shape index (κ1) is 23.8. The van der Waals surface area contributed by atoms with E-state index in [1.807, 2.05) is 42.5 Å². The predicted octanol–water partition coefficient (Wildman–Crippen LogP) is 3.50. The molecule has 2 heterocycles. The van der Waals surface area contributed by atoms with Gasteiger partial charge in [-0.3, -0.25) is 4.99 Å². The maximum atomic E-state index is 12.4. The molecule has 0 atom stereocenters. The highest BCUT2D eigenvalue weighted by Crippen LogP contribution is 2.21. The number of aromatic nitrogens is 2. The molecule has 1 aromatic heterocycles. The van der Waals surface area contributed by atoms with Gasteiger partial charge in [-0.15, -0.1) is 0 Å². The Balaban J connectivity index is 1.43. The number of aliphatic imine (C=N–C) groups is 1. The summed E-state index contributed by atoms with van der Waals surface area (Å²) in [6, 6.07) is 16.7. The molecule has 2 N–H and O–H groups in total. The highest BCUT2D eigenvalue weighted by molar-refractivity contribution is 7.88. The molecule has 0 radical (unpaired) electrons. The summed E-state index contributed by atoms with van der Waals surface area (Å²) in [4.78, 5) is 13.4. The summed E-state index contributed by atoms with van der Waals surface area (Å²) >= 11 is 0. The third kappa shape index (κ3) is 6.61. The Kier molecular flexibility index (Phi) is 7.54. The molecule has 0 aliphatic carbocycles. The summed E-state index contributed by atoms with van der Waals surface area (Å²) in [6.45, 7) is 2.06. The molecule has 178 valence electrons. The third-order valence-electron chi connectivity index (χ3n) is 5.66. The summed E-state index contributed by atoms with van der Waals surface area (Å²) in [5, 5.41) is 12.6. The fourth-order valence-corrected chi connectivity index (χ4v) is 4.61. The summed E-state index contributed by atoms with van der Waals surface area (Å²) in [6.07, 6.45) is 5.57. The van der Waals surface area contributed by atoms with E-state index in [-0.39, 0.29) is 12.3 Å². The molecule has 0 spiro atoms. The molecule has 8 nitrogen and oxygen atoms in total. The van der Waals surface area contributed by atoms with Crippen LogP contribution < -0.4 is 5.32 Å². The fraction of sp³-hybridized carbons (Fsp3) is 0.320. The van der Waals surface area contributed by atoms with E-state index in [9.17, 15) is 13.5 Å². The number of hydrogen-bond donors (Lipinski definition) is 2. The number of rotatable bonds is 10. The minimum absolute atomic E-state index is 0.252. The molecule has 0 fully saturated rings. The van der Waals surface area contributed by atoms with Gasteiger partial charge in [0.15, 0.2) is 0 Å². The smallest absolute Gasteiger partial charge is 0.223 e. The third-order valence-corrected chi connectivity index (χ3v) is 6.85. The lowest BCUT2D eigenvalue weighted by Gasteiger charge is -2.20. The number of phenols is 1. The molecule has 0 saturated heterocycles. The van der Waals surface area contributed by atoms with E-state index in [1.165, 1.54) is 10.6 Å². The fourth-order valence-electron chi connectivity index (χ4n) is 3.84. The average molecular weight is 480 g/mol. The molecule has 0 amide bonds. The zero-order valence-corrected chi connectivity index (χ0v) is 20.0. The number of sulfonamides is 1. The van der Waals surface area contributed by atoms with Gasteiger partial charge in [-0.05, 0) is 54.7 Å². The summed E-state index contributed by atoms with van der Waals surface area (Å²) in [5.41, 5.74) is 4.60. The standard InChI is InChI=1S/C25H29N5O3S/c1-34(32,33)30(18-22-6-3-13-26-22)17-20-4-2-5-21(16-20)24-12-15-28-25(29-24)27-14-11-19-7-9-23(31)10-8-19/h2,4-5,7-10,12,15-16,31H,3,6,11,13-14,17-18H2,1H3,(H,27,28,29). The molecule has 0 saturated carbocycles. The van der Waals surface area contributed by atoms with Crippen molar-refractivity contribution in [1.29, 1.82) is 0 Å². The van der Waals surface area contributed by atoms with E-state index in [0.29, 0.717) is 19.0 Å². The van der Waals surface area contributed by atoms with Crippen LogP contribution in [0.1, 0.15) is 24.0 Å². The Labute approximate surface area is 200 Å². The topological polar surface area (TPSA) is 108 Å². The van der Waals surface area contributed by atoms with Gasteiger partial charge in [0.05, 0.1) is 18.5 Å². The molecule has 34 heavy (non-hydrogen) atoms. The minimum Gasteiger partial charge on any atom is -0.508 e. The van der Waals surface area contributed by atoms with Crippen LogP contribution in [0, 0.1) is 0 Å². The number of nitrogens with one attached hydrogen (secondary N) is 1. The van der Waals surface area contributed by atoms with E-state index in [1.54, 1.807) is 18.3 Å². The molecule has 1 aliphatic rings. The van der Waals surface area contributed by atoms with Crippen LogP contribution in [0.15, 0.2) is 65.8 Å². The number of nitrogens with zero attached hydrogens (tertiary/aromatic N) is 4. The maximum Gasteiger partial charge on any atom is 0.223 e. The second kappa shape index (κ2) is 10.8. The molecule has 3 aromatic rings. The molecular formula is C25H29N5O3S. The molecule has 4 rings (SSSR count). The van der Waals surface area contributed by atoms with Gasteiger partial charge in [0.1, 0.15) is 5.75 Å². The van der Waals surface area contributed by atoms with E-state index < -0.39 is 10.0 Å². The summed E-state index contributed by atoms with van der Waals surface area (Å²) < 4.78 is 26.2. The largest absolute Gasteiger partial charge is 0.508 e. The Bertz CT molecular complexity index is 1260. The summed E-state index contributed by atoms with van der Waals surface area (Å²) in [7, 11) is -3.37. The lowest BCUT2D eigenvalue weighted by Crippen LogP contribution is -2.34. The number of aromatic hydroxyl groups is 1. The van der Waals surface area contributed by atoms with E-state index in [2.05, 4.69) is 20.3 Å². The quantitative estimate of drug-likeness (QED) is 0.461. The average Bonchev–Trinajstić information content (AvgIpc) is 3.33. The Morgan fingerprint density at radius 2 is 1.88 bits per heavy atom.